The van der Waals surface area contributed by atoms with Crippen molar-refractivity contribution in [1.82, 2.24) is 10.7 Å². The fraction of sp³-hybridized carbons (Fsp3) is 0.120. The van der Waals surface area contributed by atoms with Crippen molar-refractivity contribution in [3.8, 4) is 5.75 Å². The molecule has 3 aromatic rings. The van der Waals surface area contributed by atoms with Crippen molar-refractivity contribution < 1.29 is 19.1 Å². The zero-order chi connectivity index (χ0) is 22.9. The molecule has 162 valence electrons. The van der Waals surface area contributed by atoms with Crippen LogP contribution in [0.15, 0.2) is 77.9 Å². The van der Waals surface area contributed by atoms with E-state index in [1.54, 1.807) is 48.5 Å². The summed E-state index contributed by atoms with van der Waals surface area (Å²) in [5, 5.41) is 6.43. The van der Waals surface area contributed by atoms with E-state index >= 15 is 0 Å². The Hall–Kier alpha value is -4.26. The van der Waals surface area contributed by atoms with Crippen LogP contribution in [0.4, 0.5) is 0 Å². The van der Waals surface area contributed by atoms with Crippen LogP contribution in [0.3, 0.4) is 0 Å². The molecule has 32 heavy (non-hydrogen) atoms. The molecule has 0 fully saturated rings. The Kier molecular flexibility index (Phi) is 7.48. The van der Waals surface area contributed by atoms with Crippen LogP contribution in [0.1, 0.15) is 37.4 Å². The highest BCUT2D eigenvalue weighted by Gasteiger charge is 2.11. The molecule has 0 aromatic heterocycles. The second kappa shape index (κ2) is 10.7. The van der Waals surface area contributed by atoms with Gasteiger partial charge in [-0.3, -0.25) is 9.59 Å². The van der Waals surface area contributed by atoms with Crippen LogP contribution in [0.25, 0.3) is 0 Å². The topological polar surface area (TPSA) is 96.9 Å². The summed E-state index contributed by atoms with van der Waals surface area (Å²) in [6.45, 7) is 3.48. The van der Waals surface area contributed by atoms with E-state index in [2.05, 4.69) is 15.8 Å². The number of hydrogen-bond acceptors (Lipinski definition) is 5. The normalized spacial score (nSPS) is 10.6. The lowest BCUT2D eigenvalue weighted by Crippen LogP contribution is -2.35. The number of hydrogen-bond donors (Lipinski definition) is 2. The molecule has 0 unspecified atom stereocenters. The largest absolute Gasteiger partial charge is 0.423 e. The summed E-state index contributed by atoms with van der Waals surface area (Å²) in [5.41, 5.74) is 5.76. The van der Waals surface area contributed by atoms with Gasteiger partial charge in [-0.1, -0.05) is 36.4 Å². The van der Waals surface area contributed by atoms with Gasteiger partial charge >= 0.3 is 5.97 Å². The monoisotopic (exact) mass is 429 g/mol. The molecule has 2 N–H and O–H groups in total. The minimum Gasteiger partial charge on any atom is -0.423 e. The molecule has 7 heteroatoms. The Labute approximate surface area is 186 Å². The van der Waals surface area contributed by atoms with Crippen molar-refractivity contribution in [3.05, 3.63) is 101 Å². The van der Waals surface area contributed by atoms with Gasteiger partial charge in [0.1, 0.15) is 5.75 Å². The number of hydrazone groups is 1. The Balaban J connectivity index is 1.47. The fourth-order valence-electron chi connectivity index (χ4n) is 2.89. The third kappa shape index (κ3) is 6.12. The SMILES string of the molecule is Cc1ccccc1C(=O)NCC(=O)NN=Cc1ccc(OC(=O)c2ccccc2C)cc1. The average molecular weight is 429 g/mol. The van der Waals surface area contributed by atoms with Gasteiger partial charge in [0.15, 0.2) is 0 Å². The van der Waals surface area contributed by atoms with Crippen molar-refractivity contribution in [3.63, 3.8) is 0 Å². The second-order valence-electron chi connectivity index (χ2n) is 7.06. The van der Waals surface area contributed by atoms with E-state index < -0.39 is 11.9 Å². The second-order valence-corrected chi connectivity index (χ2v) is 7.06. The van der Waals surface area contributed by atoms with Crippen LogP contribution in [0.2, 0.25) is 0 Å². The van der Waals surface area contributed by atoms with Crippen LogP contribution in [0.5, 0.6) is 5.75 Å². The maximum absolute atomic E-state index is 12.3. The number of carbonyl (C=O) groups excluding carboxylic acids is 3. The zero-order valence-electron chi connectivity index (χ0n) is 17.8. The van der Waals surface area contributed by atoms with Gasteiger partial charge in [0.2, 0.25) is 0 Å². The van der Waals surface area contributed by atoms with Crippen molar-refractivity contribution >= 4 is 24.0 Å². The third-order valence-electron chi connectivity index (χ3n) is 4.66. The van der Waals surface area contributed by atoms with Gasteiger partial charge < -0.3 is 10.1 Å². The summed E-state index contributed by atoms with van der Waals surface area (Å²) >= 11 is 0. The van der Waals surface area contributed by atoms with E-state index in [0.29, 0.717) is 22.4 Å². The Morgan fingerprint density at radius 1 is 0.844 bits per heavy atom. The molecule has 0 aliphatic carbocycles. The summed E-state index contributed by atoms with van der Waals surface area (Å²) in [5.74, 6) is -0.798. The van der Waals surface area contributed by atoms with Crippen molar-refractivity contribution in [1.29, 1.82) is 0 Å². The van der Waals surface area contributed by atoms with Gasteiger partial charge in [-0.25, -0.2) is 10.2 Å². The Morgan fingerprint density at radius 2 is 1.44 bits per heavy atom. The highest BCUT2D eigenvalue weighted by Crippen LogP contribution is 2.15. The van der Waals surface area contributed by atoms with Crippen LogP contribution < -0.4 is 15.5 Å². The van der Waals surface area contributed by atoms with Crippen LogP contribution in [0, 0.1) is 13.8 Å². The summed E-state index contributed by atoms with van der Waals surface area (Å²) in [7, 11) is 0. The first kappa shape index (κ1) is 22.4. The van der Waals surface area contributed by atoms with Crippen LogP contribution in [-0.2, 0) is 4.79 Å². The number of benzene rings is 3. The number of amides is 2. The van der Waals surface area contributed by atoms with Crippen LogP contribution in [-0.4, -0.2) is 30.5 Å². The molecule has 3 rings (SSSR count). The van der Waals surface area contributed by atoms with E-state index in [4.69, 9.17) is 4.74 Å². The molecule has 3 aromatic carbocycles. The van der Waals surface area contributed by atoms with E-state index in [1.807, 2.05) is 38.1 Å². The molecule has 0 bridgehead atoms. The first-order chi connectivity index (χ1) is 15.4. The molecule has 2 amide bonds. The lowest BCUT2D eigenvalue weighted by atomic mass is 10.1. The number of ether oxygens (including phenoxy) is 1. The average Bonchev–Trinajstić information content (AvgIpc) is 2.79. The standard InChI is InChI=1S/C25H23N3O4/c1-17-7-3-5-9-21(17)24(30)26-16-23(29)28-27-15-19-11-13-20(14-12-19)32-25(31)22-10-6-4-8-18(22)2/h3-15H,16H2,1-2H3,(H,26,30)(H,28,29). The van der Waals surface area contributed by atoms with E-state index in [0.717, 1.165) is 11.1 Å². The minimum atomic E-state index is -0.452. The summed E-state index contributed by atoms with van der Waals surface area (Å²) < 4.78 is 5.38. The van der Waals surface area contributed by atoms with Crippen molar-refractivity contribution in [2.45, 2.75) is 13.8 Å². The van der Waals surface area contributed by atoms with Gasteiger partial charge in [0, 0.05) is 5.56 Å². The first-order valence-corrected chi connectivity index (χ1v) is 9.97. The Bertz CT molecular complexity index is 1150. The highest BCUT2D eigenvalue weighted by molar-refractivity contribution is 5.97. The molecule has 0 aliphatic rings. The van der Waals surface area contributed by atoms with Gasteiger partial charge in [0.25, 0.3) is 11.8 Å². The van der Waals surface area contributed by atoms with Gasteiger partial charge in [0.05, 0.1) is 18.3 Å². The van der Waals surface area contributed by atoms with Crippen molar-refractivity contribution in [2.75, 3.05) is 6.54 Å². The summed E-state index contributed by atoms with van der Waals surface area (Å²) in [4.78, 5) is 36.3. The van der Waals surface area contributed by atoms with E-state index in [-0.39, 0.29) is 12.5 Å². The fourth-order valence-corrected chi connectivity index (χ4v) is 2.89. The zero-order valence-corrected chi connectivity index (χ0v) is 17.8. The Morgan fingerprint density at radius 3 is 2.06 bits per heavy atom. The summed E-state index contributed by atoms with van der Waals surface area (Å²) in [6, 6.07) is 21.0. The first-order valence-electron chi connectivity index (χ1n) is 9.97. The molecule has 0 saturated heterocycles. The molecule has 7 nitrogen and oxygen atoms in total. The molecular weight excluding hydrogens is 406 g/mol. The molecule has 0 spiro atoms. The lowest BCUT2D eigenvalue weighted by molar-refractivity contribution is -0.120. The molecule has 0 aliphatic heterocycles. The predicted octanol–water partition coefficient (Wildman–Crippen LogP) is 3.40. The maximum atomic E-state index is 12.3. The third-order valence-corrected chi connectivity index (χ3v) is 4.66. The molecule has 0 heterocycles. The number of aryl methyl sites for hydroxylation is 2. The molecular formula is C25H23N3O4. The van der Waals surface area contributed by atoms with Crippen LogP contribution >= 0.6 is 0 Å². The van der Waals surface area contributed by atoms with E-state index in [9.17, 15) is 14.4 Å². The number of rotatable bonds is 7. The number of nitrogens with one attached hydrogen (secondary N) is 2. The molecule has 0 saturated carbocycles. The predicted molar refractivity (Wildman–Crippen MR) is 122 cm³/mol. The smallest absolute Gasteiger partial charge is 0.343 e. The number of carbonyl (C=O) groups is 3. The van der Waals surface area contributed by atoms with Crippen molar-refractivity contribution in [2.24, 2.45) is 5.10 Å². The highest BCUT2D eigenvalue weighted by atomic mass is 16.5. The maximum Gasteiger partial charge on any atom is 0.343 e. The molecule has 0 radical (unpaired) electrons. The van der Waals surface area contributed by atoms with Gasteiger partial charge in [-0.15, -0.1) is 0 Å². The minimum absolute atomic E-state index is 0.196. The lowest BCUT2D eigenvalue weighted by Gasteiger charge is -2.07. The number of nitrogens with zero attached hydrogens (tertiary/aromatic N) is 1. The molecule has 0 atom stereocenters. The van der Waals surface area contributed by atoms with Gasteiger partial charge in [-0.2, -0.15) is 5.10 Å². The quantitative estimate of drug-likeness (QED) is 0.260. The van der Waals surface area contributed by atoms with E-state index in [1.165, 1.54) is 6.21 Å². The van der Waals surface area contributed by atoms with Gasteiger partial charge in [-0.05, 0) is 66.9 Å². The number of esters is 1. The summed E-state index contributed by atoms with van der Waals surface area (Å²) in [6.07, 6.45) is 1.45.